The second-order valence-electron chi connectivity index (χ2n) is 4.36. The molecule has 0 fully saturated rings. The number of carbonyl (C=O) groups is 1. The molecule has 16 heavy (non-hydrogen) atoms. The molecule has 2 atom stereocenters. The summed E-state index contributed by atoms with van der Waals surface area (Å²) in [7, 11) is 5.14. The first-order chi connectivity index (χ1) is 7.28. The van der Waals surface area contributed by atoms with Crippen molar-refractivity contribution in [2.75, 3.05) is 40.8 Å². The van der Waals surface area contributed by atoms with Crippen LogP contribution in [0.15, 0.2) is 0 Å². The Morgan fingerprint density at radius 1 is 1.62 bits per heavy atom. The number of halogens is 1. The fraction of sp³-hybridized carbons (Fsp3) is 0.900. The quantitative estimate of drug-likeness (QED) is 0.504. The zero-order valence-electron chi connectivity index (χ0n) is 10.3. The molecule has 0 aromatic rings. The van der Waals surface area contributed by atoms with E-state index in [1.807, 2.05) is 19.0 Å². The van der Waals surface area contributed by atoms with E-state index >= 15 is 0 Å². The Kier molecular flexibility index (Phi) is 7.14. The van der Waals surface area contributed by atoms with Gasteiger partial charge < -0.3 is 20.1 Å². The number of hydrogen-bond acceptors (Lipinski definition) is 5. The van der Waals surface area contributed by atoms with E-state index < -0.39 is 5.60 Å². The van der Waals surface area contributed by atoms with Crippen LogP contribution in [0.2, 0.25) is 0 Å². The highest BCUT2D eigenvalue weighted by atomic mass is 79.9. The Labute approximate surface area is 105 Å². The first kappa shape index (κ1) is 15.8. The SMILES string of the molecule is COC(=O)C(Br)CNCC(C)(O)CN(C)C. The van der Waals surface area contributed by atoms with E-state index in [1.165, 1.54) is 7.11 Å². The largest absolute Gasteiger partial charge is 0.468 e. The summed E-state index contributed by atoms with van der Waals surface area (Å²) >= 11 is 3.19. The van der Waals surface area contributed by atoms with E-state index in [0.717, 1.165) is 0 Å². The highest BCUT2D eigenvalue weighted by Gasteiger charge is 2.22. The van der Waals surface area contributed by atoms with Gasteiger partial charge >= 0.3 is 5.97 Å². The molecule has 0 spiro atoms. The van der Waals surface area contributed by atoms with Crippen molar-refractivity contribution in [2.45, 2.75) is 17.4 Å². The maximum Gasteiger partial charge on any atom is 0.320 e. The van der Waals surface area contributed by atoms with Crippen molar-refractivity contribution in [1.29, 1.82) is 0 Å². The summed E-state index contributed by atoms with van der Waals surface area (Å²) in [4.78, 5) is 12.6. The molecular weight excluding hydrogens is 276 g/mol. The molecule has 0 aliphatic carbocycles. The molecule has 0 rings (SSSR count). The highest BCUT2D eigenvalue weighted by molar-refractivity contribution is 9.10. The van der Waals surface area contributed by atoms with E-state index in [0.29, 0.717) is 19.6 Å². The number of nitrogens with zero attached hydrogens (tertiary/aromatic N) is 1. The molecule has 0 aromatic carbocycles. The highest BCUT2D eigenvalue weighted by Crippen LogP contribution is 2.04. The van der Waals surface area contributed by atoms with Crippen LogP contribution >= 0.6 is 15.9 Å². The number of hydrogen-bond donors (Lipinski definition) is 2. The third kappa shape index (κ3) is 7.16. The molecule has 0 aromatic heterocycles. The van der Waals surface area contributed by atoms with Crippen LogP contribution in [-0.4, -0.2) is 67.2 Å². The van der Waals surface area contributed by atoms with Crippen molar-refractivity contribution in [1.82, 2.24) is 10.2 Å². The molecule has 96 valence electrons. The van der Waals surface area contributed by atoms with Crippen LogP contribution in [0.25, 0.3) is 0 Å². The van der Waals surface area contributed by atoms with Gasteiger partial charge in [-0.25, -0.2) is 0 Å². The monoisotopic (exact) mass is 296 g/mol. The molecular formula is C10H21BrN2O3. The Hall–Kier alpha value is -0.170. The lowest BCUT2D eigenvalue weighted by atomic mass is 10.1. The summed E-state index contributed by atoms with van der Waals surface area (Å²) in [6.45, 7) is 3.16. The number of esters is 1. The molecule has 0 radical (unpaired) electrons. The van der Waals surface area contributed by atoms with Crippen LogP contribution < -0.4 is 5.32 Å². The smallest absolute Gasteiger partial charge is 0.320 e. The van der Waals surface area contributed by atoms with E-state index in [9.17, 15) is 9.90 Å². The van der Waals surface area contributed by atoms with Crippen LogP contribution in [0.4, 0.5) is 0 Å². The van der Waals surface area contributed by atoms with E-state index in [1.54, 1.807) is 6.92 Å². The van der Waals surface area contributed by atoms with Crippen LogP contribution in [-0.2, 0) is 9.53 Å². The lowest BCUT2D eigenvalue weighted by molar-refractivity contribution is -0.139. The predicted octanol–water partition coefficient (Wildman–Crippen LogP) is -0.175. The van der Waals surface area contributed by atoms with Crippen molar-refractivity contribution in [3.63, 3.8) is 0 Å². The minimum atomic E-state index is -0.813. The Balaban J connectivity index is 3.84. The van der Waals surface area contributed by atoms with Crippen molar-refractivity contribution in [3.05, 3.63) is 0 Å². The standard InChI is InChI=1S/C10H21BrN2O3/c1-10(15,7-13(2)3)6-12-5-8(11)9(14)16-4/h8,12,15H,5-7H2,1-4H3. The van der Waals surface area contributed by atoms with Crippen LogP contribution in [0.1, 0.15) is 6.92 Å². The van der Waals surface area contributed by atoms with Gasteiger partial charge in [-0.05, 0) is 21.0 Å². The number of nitrogens with one attached hydrogen (secondary N) is 1. The fourth-order valence-corrected chi connectivity index (χ4v) is 1.83. The van der Waals surface area contributed by atoms with Gasteiger partial charge in [-0.1, -0.05) is 15.9 Å². The van der Waals surface area contributed by atoms with Gasteiger partial charge in [-0.3, -0.25) is 4.79 Å². The second kappa shape index (κ2) is 7.21. The lowest BCUT2D eigenvalue weighted by Crippen LogP contribution is -2.47. The summed E-state index contributed by atoms with van der Waals surface area (Å²) in [6.07, 6.45) is 0. The summed E-state index contributed by atoms with van der Waals surface area (Å²) in [5.41, 5.74) is -0.813. The van der Waals surface area contributed by atoms with Gasteiger partial charge in [0.2, 0.25) is 0 Å². The molecule has 6 heteroatoms. The van der Waals surface area contributed by atoms with Gasteiger partial charge in [0.05, 0.1) is 12.7 Å². The normalized spacial score (nSPS) is 16.9. The Morgan fingerprint density at radius 3 is 2.62 bits per heavy atom. The number of likely N-dealkylation sites (N-methyl/N-ethyl adjacent to an activating group) is 1. The second-order valence-corrected chi connectivity index (χ2v) is 5.46. The van der Waals surface area contributed by atoms with Crippen molar-refractivity contribution in [3.8, 4) is 0 Å². The average Bonchev–Trinajstić information content (AvgIpc) is 2.13. The van der Waals surface area contributed by atoms with Crippen molar-refractivity contribution < 1.29 is 14.6 Å². The molecule has 0 aliphatic rings. The summed E-state index contributed by atoms with van der Waals surface area (Å²) in [5.74, 6) is -0.320. The lowest BCUT2D eigenvalue weighted by Gasteiger charge is -2.27. The molecule has 0 saturated carbocycles. The Morgan fingerprint density at radius 2 is 2.19 bits per heavy atom. The summed E-state index contributed by atoms with van der Waals surface area (Å²) in [6, 6.07) is 0. The molecule has 2 unspecified atom stereocenters. The minimum Gasteiger partial charge on any atom is -0.468 e. The summed E-state index contributed by atoms with van der Waals surface area (Å²) < 4.78 is 4.56. The van der Waals surface area contributed by atoms with Crippen LogP contribution in [0.3, 0.4) is 0 Å². The zero-order valence-corrected chi connectivity index (χ0v) is 11.9. The van der Waals surface area contributed by atoms with Crippen LogP contribution in [0, 0.1) is 0 Å². The minimum absolute atomic E-state index is 0.320. The van der Waals surface area contributed by atoms with Crippen LogP contribution in [0.5, 0.6) is 0 Å². The number of aliphatic hydroxyl groups is 1. The van der Waals surface area contributed by atoms with E-state index in [4.69, 9.17) is 0 Å². The van der Waals surface area contributed by atoms with Crippen molar-refractivity contribution in [2.24, 2.45) is 0 Å². The van der Waals surface area contributed by atoms with Gasteiger partial charge in [0, 0.05) is 19.6 Å². The zero-order chi connectivity index (χ0) is 12.8. The van der Waals surface area contributed by atoms with Gasteiger partial charge in [-0.15, -0.1) is 0 Å². The number of rotatable bonds is 7. The molecule has 0 heterocycles. The maximum atomic E-state index is 11.1. The number of alkyl halides is 1. The fourth-order valence-electron chi connectivity index (χ4n) is 1.42. The maximum absolute atomic E-state index is 11.1. The molecule has 0 aliphatic heterocycles. The van der Waals surface area contributed by atoms with E-state index in [-0.39, 0.29) is 10.8 Å². The van der Waals surface area contributed by atoms with Gasteiger partial charge in [0.15, 0.2) is 0 Å². The Bertz CT molecular complexity index is 222. The molecule has 2 N–H and O–H groups in total. The number of ether oxygens (including phenoxy) is 1. The molecule has 0 amide bonds. The molecule has 5 nitrogen and oxygen atoms in total. The van der Waals surface area contributed by atoms with E-state index in [2.05, 4.69) is 26.0 Å². The van der Waals surface area contributed by atoms with Gasteiger partial charge in [-0.2, -0.15) is 0 Å². The average molecular weight is 297 g/mol. The number of carbonyl (C=O) groups excluding carboxylic acids is 1. The third-order valence-corrected chi connectivity index (χ3v) is 2.64. The molecule has 0 bridgehead atoms. The van der Waals surface area contributed by atoms with Crippen molar-refractivity contribution >= 4 is 21.9 Å². The first-order valence-corrected chi connectivity index (χ1v) is 6.00. The first-order valence-electron chi connectivity index (χ1n) is 5.08. The summed E-state index contributed by atoms with van der Waals surface area (Å²) in [5, 5.41) is 13.0. The third-order valence-electron chi connectivity index (χ3n) is 1.94. The number of methoxy groups -OCH3 is 1. The predicted molar refractivity (Wildman–Crippen MR) is 66.8 cm³/mol. The molecule has 0 saturated heterocycles. The topological polar surface area (TPSA) is 61.8 Å². The van der Waals surface area contributed by atoms with Gasteiger partial charge in [0.25, 0.3) is 0 Å². The van der Waals surface area contributed by atoms with Gasteiger partial charge in [0.1, 0.15) is 4.83 Å².